The molecule has 0 spiro atoms. The van der Waals surface area contributed by atoms with Gasteiger partial charge >= 0.3 is 6.18 Å². The van der Waals surface area contributed by atoms with Gasteiger partial charge in [0.05, 0.1) is 0 Å². The number of hydrogen-bond donors (Lipinski definition) is 0. The van der Waals surface area contributed by atoms with Gasteiger partial charge in [0.15, 0.2) is 5.78 Å². The van der Waals surface area contributed by atoms with Crippen molar-refractivity contribution in [2.75, 3.05) is 0 Å². The zero-order valence-electron chi connectivity index (χ0n) is 10.1. The number of hydrogen-bond acceptors (Lipinski definition) is 1. The average molecular weight is 244 g/mol. The Morgan fingerprint density at radius 1 is 1.06 bits per heavy atom. The van der Waals surface area contributed by atoms with Crippen molar-refractivity contribution in [3.8, 4) is 0 Å². The van der Waals surface area contributed by atoms with Crippen LogP contribution in [-0.2, 0) is 5.41 Å². The van der Waals surface area contributed by atoms with E-state index in [1.807, 2.05) is 20.8 Å². The Labute approximate surface area is 98.6 Å². The second kappa shape index (κ2) is 4.51. The largest absolute Gasteiger partial charge is 0.396 e. The number of halogens is 3. The van der Waals surface area contributed by atoms with Crippen LogP contribution in [-0.4, -0.2) is 12.0 Å². The number of alkyl halides is 3. The Morgan fingerprint density at radius 3 is 1.88 bits per heavy atom. The van der Waals surface area contributed by atoms with Crippen molar-refractivity contribution < 1.29 is 18.0 Å². The van der Waals surface area contributed by atoms with Crippen molar-refractivity contribution in [3.05, 3.63) is 35.4 Å². The summed E-state index contributed by atoms with van der Waals surface area (Å²) in [4.78, 5) is 11.3. The monoisotopic (exact) mass is 244 g/mol. The maximum Gasteiger partial charge on any atom is 0.396 e. The van der Waals surface area contributed by atoms with E-state index in [-0.39, 0.29) is 11.0 Å². The number of carbonyl (C=O) groups is 1. The van der Waals surface area contributed by atoms with E-state index in [1.165, 1.54) is 12.1 Å². The lowest BCUT2D eigenvalue weighted by atomic mass is 9.86. The molecule has 0 N–H and O–H groups in total. The topological polar surface area (TPSA) is 17.1 Å². The summed E-state index contributed by atoms with van der Waals surface area (Å²) in [5, 5.41) is 0. The van der Waals surface area contributed by atoms with Gasteiger partial charge < -0.3 is 0 Å². The molecule has 0 aliphatic carbocycles. The standard InChI is InChI=1S/C13H15F3O/c1-12(2,3)10-6-4-9(5-7-10)11(17)8-13(14,15)16/h4-7H,8H2,1-3H3. The zero-order valence-corrected chi connectivity index (χ0v) is 10.1. The molecule has 4 heteroatoms. The molecule has 0 heterocycles. The summed E-state index contributed by atoms with van der Waals surface area (Å²) in [7, 11) is 0. The molecule has 0 saturated heterocycles. The van der Waals surface area contributed by atoms with E-state index in [2.05, 4.69) is 0 Å². The summed E-state index contributed by atoms with van der Waals surface area (Å²) in [6, 6.07) is 6.30. The Kier molecular flexibility index (Phi) is 3.65. The van der Waals surface area contributed by atoms with Crippen LogP contribution in [0.25, 0.3) is 0 Å². The quantitative estimate of drug-likeness (QED) is 0.715. The minimum Gasteiger partial charge on any atom is -0.294 e. The molecule has 1 aromatic carbocycles. The molecular weight excluding hydrogens is 229 g/mol. The van der Waals surface area contributed by atoms with Crippen molar-refractivity contribution in [1.82, 2.24) is 0 Å². The Bertz CT molecular complexity index is 396. The molecule has 0 saturated carbocycles. The first kappa shape index (κ1) is 13.7. The molecule has 1 rings (SSSR count). The van der Waals surface area contributed by atoms with Crippen molar-refractivity contribution in [1.29, 1.82) is 0 Å². The third-order valence-electron chi connectivity index (χ3n) is 2.43. The lowest BCUT2D eigenvalue weighted by Gasteiger charge is -2.19. The van der Waals surface area contributed by atoms with E-state index in [1.54, 1.807) is 12.1 Å². The first-order valence-corrected chi connectivity index (χ1v) is 5.30. The first-order chi connectivity index (χ1) is 7.59. The minimum atomic E-state index is -4.44. The number of carbonyl (C=O) groups excluding carboxylic acids is 1. The van der Waals surface area contributed by atoms with Gasteiger partial charge in [0, 0.05) is 5.56 Å². The molecule has 0 aliphatic heterocycles. The summed E-state index contributed by atoms with van der Waals surface area (Å²) >= 11 is 0. The van der Waals surface area contributed by atoms with Crippen molar-refractivity contribution >= 4 is 5.78 Å². The first-order valence-electron chi connectivity index (χ1n) is 5.30. The molecule has 0 unspecified atom stereocenters. The van der Waals surface area contributed by atoms with Gasteiger partial charge in [-0.1, -0.05) is 45.0 Å². The average Bonchev–Trinajstić information content (AvgIpc) is 2.14. The molecule has 0 aliphatic rings. The number of ketones is 1. The SMILES string of the molecule is CC(C)(C)c1ccc(C(=O)CC(F)(F)F)cc1. The van der Waals surface area contributed by atoms with Gasteiger partial charge in [-0.25, -0.2) is 0 Å². The fourth-order valence-corrected chi connectivity index (χ4v) is 1.44. The molecule has 1 aromatic rings. The van der Waals surface area contributed by atoms with Gasteiger partial charge in [-0.2, -0.15) is 13.2 Å². The molecule has 0 amide bonds. The Hall–Kier alpha value is -1.32. The van der Waals surface area contributed by atoms with Crippen LogP contribution in [0, 0.1) is 0 Å². The highest BCUT2D eigenvalue weighted by atomic mass is 19.4. The molecule has 94 valence electrons. The van der Waals surface area contributed by atoms with E-state index in [0.717, 1.165) is 5.56 Å². The predicted molar refractivity (Wildman–Crippen MR) is 60.1 cm³/mol. The summed E-state index contributed by atoms with van der Waals surface area (Å²) in [5.74, 6) is -0.891. The third kappa shape index (κ3) is 4.21. The van der Waals surface area contributed by atoms with E-state index in [4.69, 9.17) is 0 Å². The Balaban J connectivity index is 2.85. The third-order valence-corrected chi connectivity index (χ3v) is 2.43. The minimum absolute atomic E-state index is 0.0778. The van der Waals surface area contributed by atoms with Crippen LogP contribution in [0.4, 0.5) is 13.2 Å². The fourth-order valence-electron chi connectivity index (χ4n) is 1.44. The second-order valence-electron chi connectivity index (χ2n) is 5.04. The van der Waals surface area contributed by atoms with Gasteiger partial charge in [0.2, 0.25) is 0 Å². The summed E-state index contributed by atoms with van der Waals surface area (Å²) in [5.41, 5.74) is 1.02. The van der Waals surface area contributed by atoms with Crippen LogP contribution in [0.5, 0.6) is 0 Å². The molecule has 17 heavy (non-hydrogen) atoms. The van der Waals surface area contributed by atoms with Crippen LogP contribution in [0.2, 0.25) is 0 Å². The lowest BCUT2D eigenvalue weighted by molar-refractivity contribution is -0.125. The van der Waals surface area contributed by atoms with Gasteiger partial charge in [0.1, 0.15) is 6.42 Å². The highest BCUT2D eigenvalue weighted by Gasteiger charge is 2.31. The summed E-state index contributed by atoms with van der Waals surface area (Å²) in [6.07, 6.45) is -5.85. The highest BCUT2D eigenvalue weighted by Crippen LogP contribution is 2.25. The summed E-state index contributed by atoms with van der Waals surface area (Å²) in [6.45, 7) is 6.00. The smallest absolute Gasteiger partial charge is 0.294 e. The van der Waals surface area contributed by atoms with Crippen LogP contribution in [0.3, 0.4) is 0 Å². The molecule has 0 radical (unpaired) electrons. The number of rotatable bonds is 2. The van der Waals surface area contributed by atoms with Crippen LogP contribution < -0.4 is 0 Å². The highest BCUT2D eigenvalue weighted by molar-refractivity contribution is 5.96. The lowest BCUT2D eigenvalue weighted by Crippen LogP contribution is -2.15. The molecule has 1 nitrogen and oxygen atoms in total. The molecule has 0 fully saturated rings. The maximum atomic E-state index is 12.0. The predicted octanol–water partition coefficient (Wildman–Crippen LogP) is 4.12. The van der Waals surface area contributed by atoms with E-state index >= 15 is 0 Å². The maximum absolute atomic E-state index is 12.0. The molecule has 0 aromatic heterocycles. The van der Waals surface area contributed by atoms with E-state index in [9.17, 15) is 18.0 Å². The van der Waals surface area contributed by atoms with Crippen LogP contribution in [0.15, 0.2) is 24.3 Å². The van der Waals surface area contributed by atoms with Gasteiger partial charge in [-0.15, -0.1) is 0 Å². The van der Waals surface area contributed by atoms with Gasteiger partial charge in [-0.3, -0.25) is 4.79 Å². The number of benzene rings is 1. The van der Waals surface area contributed by atoms with Gasteiger partial charge in [0.25, 0.3) is 0 Å². The number of Topliss-reactive ketones (excluding diaryl/α,β-unsaturated/α-hetero) is 1. The second-order valence-corrected chi connectivity index (χ2v) is 5.04. The van der Waals surface area contributed by atoms with Crippen molar-refractivity contribution in [3.63, 3.8) is 0 Å². The van der Waals surface area contributed by atoms with Crippen LogP contribution in [0.1, 0.15) is 43.1 Å². The molecule has 0 atom stereocenters. The zero-order chi connectivity index (χ0) is 13.3. The van der Waals surface area contributed by atoms with Crippen molar-refractivity contribution in [2.24, 2.45) is 0 Å². The van der Waals surface area contributed by atoms with Gasteiger partial charge in [-0.05, 0) is 11.0 Å². The van der Waals surface area contributed by atoms with E-state index in [0.29, 0.717) is 0 Å². The molecular formula is C13H15F3O. The van der Waals surface area contributed by atoms with E-state index < -0.39 is 18.4 Å². The van der Waals surface area contributed by atoms with Crippen LogP contribution >= 0.6 is 0 Å². The Morgan fingerprint density at radius 2 is 1.53 bits per heavy atom. The molecule has 0 bridgehead atoms. The van der Waals surface area contributed by atoms with Crippen molar-refractivity contribution in [2.45, 2.75) is 38.8 Å². The summed E-state index contributed by atoms with van der Waals surface area (Å²) < 4.78 is 36.1. The normalized spacial score (nSPS) is 12.6. The fraction of sp³-hybridized carbons (Fsp3) is 0.462.